The van der Waals surface area contributed by atoms with Crippen LogP contribution in [0.5, 0.6) is 11.5 Å². The number of hydrogen-bond donors (Lipinski definition) is 1. The SMILES string of the molecule is CCC(C)NC(=O)c1coc(CN(C(=O)c2cc(OC)cc(OC)c2)C(C)CC)n1. The molecule has 0 bridgehead atoms. The van der Waals surface area contributed by atoms with Gasteiger partial charge in [0.1, 0.15) is 17.8 Å². The zero-order valence-corrected chi connectivity index (χ0v) is 18.5. The van der Waals surface area contributed by atoms with Gasteiger partial charge in [0.25, 0.3) is 11.8 Å². The van der Waals surface area contributed by atoms with Crippen LogP contribution in [0.15, 0.2) is 28.9 Å². The van der Waals surface area contributed by atoms with Gasteiger partial charge in [0.15, 0.2) is 5.69 Å². The Bertz CT molecular complexity index is 842. The largest absolute Gasteiger partial charge is 0.497 e. The van der Waals surface area contributed by atoms with E-state index in [0.717, 1.165) is 12.8 Å². The van der Waals surface area contributed by atoms with Crippen molar-refractivity contribution in [1.82, 2.24) is 15.2 Å². The molecule has 0 aliphatic rings. The molecular weight excluding hydrogens is 386 g/mol. The number of benzene rings is 1. The van der Waals surface area contributed by atoms with E-state index in [2.05, 4.69) is 10.3 Å². The second-order valence-electron chi connectivity index (χ2n) is 7.20. The summed E-state index contributed by atoms with van der Waals surface area (Å²) in [5.41, 5.74) is 0.637. The summed E-state index contributed by atoms with van der Waals surface area (Å²) in [7, 11) is 3.07. The van der Waals surface area contributed by atoms with Crippen molar-refractivity contribution in [1.29, 1.82) is 0 Å². The molecule has 164 valence electrons. The van der Waals surface area contributed by atoms with Crippen LogP contribution in [0.3, 0.4) is 0 Å². The Labute approximate surface area is 177 Å². The highest BCUT2D eigenvalue weighted by molar-refractivity contribution is 5.95. The van der Waals surface area contributed by atoms with Gasteiger partial charge in [0.05, 0.1) is 20.8 Å². The Kier molecular flexibility index (Phi) is 8.26. The Morgan fingerprint density at radius 1 is 1.10 bits per heavy atom. The molecule has 0 saturated carbocycles. The van der Waals surface area contributed by atoms with Crippen molar-refractivity contribution < 1.29 is 23.5 Å². The summed E-state index contributed by atoms with van der Waals surface area (Å²) in [6.45, 7) is 8.00. The van der Waals surface area contributed by atoms with Crippen LogP contribution < -0.4 is 14.8 Å². The minimum Gasteiger partial charge on any atom is -0.497 e. The van der Waals surface area contributed by atoms with Gasteiger partial charge in [-0.3, -0.25) is 9.59 Å². The van der Waals surface area contributed by atoms with Crippen molar-refractivity contribution in [2.24, 2.45) is 0 Å². The van der Waals surface area contributed by atoms with E-state index in [0.29, 0.717) is 23.0 Å². The van der Waals surface area contributed by atoms with E-state index in [4.69, 9.17) is 13.9 Å². The minimum absolute atomic E-state index is 0.0406. The van der Waals surface area contributed by atoms with Crippen LogP contribution in [0.2, 0.25) is 0 Å². The number of ether oxygens (including phenoxy) is 2. The third-order valence-electron chi connectivity index (χ3n) is 5.06. The van der Waals surface area contributed by atoms with Gasteiger partial charge in [-0.2, -0.15) is 0 Å². The predicted octanol–water partition coefficient (Wildman–Crippen LogP) is 3.66. The number of aromatic nitrogens is 1. The third-order valence-corrected chi connectivity index (χ3v) is 5.06. The fraction of sp³-hybridized carbons (Fsp3) is 0.500. The molecule has 0 aliphatic heterocycles. The monoisotopic (exact) mass is 417 g/mol. The van der Waals surface area contributed by atoms with Gasteiger partial charge in [0.2, 0.25) is 5.89 Å². The predicted molar refractivity (Wildman–Crippen MR) is 113 cm³/mol. The first-order valence-corrected chi connectivity index (χ1v) is 10.1. The Hall–Kier alpha value is -3.03. The number of carbonyl (C=O) groups excluding carboxylic acids is 2. The molecule has 2 atom stereocenters. The maximum absolute atomic E-state index is 13.3. The fourth-order valence-corrected chi connectivity index (χ4v) is 2.78. The quantitative estimate of drug-likeness (QED) is 0.634. The summed E-state index contributed by atoms with van der Waals surface area (Å²) >= 11 is 0. The van der Waals surface area contributed by atoms with E-state index in [1.165, 1.54) is 20.5 Å². The highest BCUT2D eigenvalue weighted by Gasteiger charge is 2.25. The van der Waals surface area contributed by atoms with Crippen molar-refractivity contribution in [3.63, 3.8) is 0 Å². The first kappa shape index (κ1) is 23.3. The molecule has 0 saturated heterocycles. The van der Waals surface area contributed by atoms with E-state index in [1.807, 2.05) is 27.7 Å². The van der Waals surface area contributed by atoms with Crippen LogP contribution in [0, 0.1) is 0 Å². The molecule has 1 heterocycles. The maximum atomic E-state index is 13.3. The highest BCUT2D eigenvalue weighted by atomic mass is 16.5. The van der Waals surface area contributed by atoms with E-state index in [1.54, 1.807) is 23.1 Å². The molecule has 1 N–H and O–H groups in total. The molecule has 1 aromatic heterocycles. The van der Waals surface area contributed by atoms with Gasteiger partial charge >= 0.3 is 0 Å². The average Bonchev–Trinajstić information content (AvgIpc) is 3.24. The molecule has 0 fully saturated rings. The van der Waals surface area contributed by atoms with Crippen molar-refractivity contribution in [3.05, 3.63) is 41.6 Å². The van der Waals surface area contributed by atoms with Gasteiger partial charge in [-0.1, -0.05) is 13.8 Å². The molecule has 2 amide bonds. The lowest BCUT2D eigenvalue weighted by atomic mass is 10.1. The molecule has 2 aromatic rings. The number of rotatable bonds is 10. The van der Waals surface area contributed by atoms with E-state index in [9.17, 15) is 9.59 Å². The molecule has 8 nitrogen and oxygen atoms in total. The molecule has 30 heavy (non-hydrogen) atoms. The number of nitrogens with zero attached hydrogens (tertiary/aromatic N) is 2. The summed E-state index contributed by atoms with van der Waals surface area (Å²) in [6.07, 6.45) is 2.88. The maximum Gasteiger partial charge on any atom is 0.273 e. The summed E-state index contributed by atoms with van der Waals surface area (Å²) in [5, 5.41) is 2.85. The van der Waals surface area contributed by atoms with Gasteiger partial charge in [-0.25, -0.2) is 4.98 Å². The second kappa shape index (κ2) is 10.7. The standard InChI is InChI=1S/C22H31N3O5/c1-7-14(3)23-21(26)19-13-30-20(24-19)12-25(15(4)8-2)22(27)16-9-17(28-5)11-18(10-16)29-6/h9-11,13-15H,7-8,12H2,1-6H3,(H,23,26). The van der Waals surface area contributed by atoms with E-state index in [-0.39, 0.29) is 36.1 Å². The van der Waals surface area contributed by atoms with Crippen LogP contribution in [-0.4, -0.2) is 48.0 Å². The van der Waals surface area contributed by atoms with Crippen LogP contribution in [0.25, 0.3) is 0 Å². The topological polar surface area (TPSA) is 93.9 Å². The number of hydrogen-bond acceptors (Lipinski definition) is 6. The van der Waals surface area contributed by atoms with Crippen molar-refractivity contribution in [2.75, 3.05) is 14.2 Å². The number of nitrogens with one attached hydrogen (secondary N) is 1. The van der Waals surface area contributed by atoms with Gasteiger partial charge in [-0.05, 0) is 38.8 Å². The number of methoxy groups -OCH3 is 2. The van der Waals surface area contributed by atoms with Gasteiger partial charge in [0, 0.05) is 23.7 Å². The molecular formula is C22H31N3O5. The van der Waals surface area contributed by atoms with Crippen molar-refractivity contribution >= 4 is 11.8 Å². The fourth-order valence-electron chi connectivity index (χ4n) is 2.78. The first-order chi connectivity index (χ1) is 14.3. The zero-order valence-electron chi connectivity index (χ0n) is 18.5. The molecule has 8 heteroatoms. The molecule has 1 aromatic carbocycles. The summed E-state index contributed by atoms with van der Waals surface area (Å²) in [5.74, 6) is 0.861. The van der Waals surface area contributed by atoms with Crippen molar-refractivity contribution in [3.8, 4) is 11.5 Å². The molecule has 2 rings (SSSR count). The van der Waals surface area contributed by atoms with Crippen LogP contribution in [0.1, 0.15) is 67.3 Å². The Morgan fingerprint density at radius 2 is 1.73 bits per heavy atom. The average molecular weight is 418 g/mol. The smallest absolute Gasteiger partial charge is 0.273 e. The number of carbonyl (C=O) groups is 2. The van der Waals surface area contributed by atoms with Crippen LogP contribution >= 0.6 is 0 Å². The molecule has 0 aliphatic carbocycles. The summed E-state index contributed by atoms with van der Waals surface area (Å²) in [4.78, 5) is 31.5. The number of oxazole rings is 1. The normalized spacial score (nSPS) is 12.7. The van der Waals surface area contributed by atoms with Crippen molar-refractivity contribution in [2.45, 2.75) is 59.2 Å². The van der Waals surface area contributed by atoms with Crippen LogP contribution in [-0.2, 0) is 6.54 Å². The minimum atomic E-state index is -0.293. The lowest BCUT2D eigenvalue weighted by Gasteiger charge is -2.27. The molecule has 0 radical (unpaired) electrons. The van der Waals surface area contributed by atoms with Gasteiger partial charge in [-0.15, -0.1) is 0 Å². The lowest BCUT2D eigenvalue weighted by Crippen LogP contribution is -2.38. The number of amides is 2. The van der Waals surface area contributed by atoms with Gasteiger partial charge < -0.3 is 24.1 Å². The first-order valence-electron chi connectivity index (χ1n) is 10.1. The van der Waals surface area contributed by atoms with E-state index >= 15 is 0 Å². The zero-order chi connectivity index (χ0) is 22.3. The third kappa shape index (κ3) is 5.75. The Balaban J connectivity index is 2.25. The van der Waals surface area contributed by atoms with E-state index < -0.39 is 0 Å². The highest BCUT2D eigenvalue weighted by Crippen LogP contribution is 2.25. The molecule has 2 unspecified atom stereocenters. The summed E-state index contributed by atoms with van der Waals surface area (Å²) < 4.78 is 16.0. The molecule has 0 spiro atoms. The summed E-state index contributed by atoms with van der Waals surface area (Å²) in [6, 6.07) is 5.01. The second-order valence-corrected chi connectivity index (χ2v) is 7.20. The van der Waals surface area contributed by atoms with Crippen LogP contribution in [0.4, 0.5) is 0 Å². The lowest BCUT2D eigenvalue weighted by molar-refractivity contribution is 0.0651. The Morgan fingerprint density at radius 3 is 2.27 bits per heavy atom.